The summed E-state index contributed by atoms with van der Waals surface area (Å²) in [6, 6.07) is 5.49. The topological polar surface area (TPSA) is 123 Å². The third kappa shape index (κ3) is 5.42. The van der Waals surface area contributed by atoms with Crippen LogP contribution in [0.5, 0.6) is 0 Å². The maximum Gasteiger partial charge on any atom is 0.232 e. The number of carbonyl (C=O) groups excluding carboxylic acids is 2. The number of hydrogen-bond donors (Lipinski definition) is 2. The van der Waals surface area contributed by atoms with E-state index in [-0.39, 0.29) is 18.2 Å². The van der Waals surface area contributed by atoms with Crippen LogP contribution >= 0.6 is 22.7 Å². The molecule has 0 radical (unpaired) electrons. The van der Waals surface area contributed by atoms with Crippen LogP contribution in [0.4, 0.5) is 10.3 Å². The van der Waals surface area contributed by atoms with Crippen LogP contribution in [0.25, 0.3) is 0 Å². The molecule has 9 nitrogen and oxygen atoms in total. The third-order valence-electron chi connectivity index (χ3n) is 4.86. The summed E-state index contributed by atoms with van der Waals surface area (Å²) in [4.78, 5) is 27.5. The van der Waals surface area contributed by atoms with Crippen molar-refractivity contribution in [2.45, 2.75) is 44.9 Å². The minimum atomic E-state index is -0.149. The zero-order chi connectivity index (χ0) is 20.9. The first kappa shape index (κ1) is 20.5. The highest BCUT2D eigenvalue weighted by Gasteiger charge is 2.29. The van der Waals surface area contributed by atoms with Crippen LogP contribution < -0.4 is 10.6 Å². The highest BCUT2D eigenvalue weighted by Crippen LogP contribution is 2.41. The van der Waals surface area contributed by atoms with Gasteiger partial charge in [0.15, 0.2) is 0 Å². The maximum absolute atomic E-state index is 12.2. The van der Waals surface area contributed by atoms with Crippen LogP contribution in [0, 0.1) is 5.92 Å². The molecule has 2 unspecified atom stereocenters. The monoisotopic (exact) mass is 443 g/mol. The van der Waals surface area contributed by atoms with Crippen molar-refractivity contribution in [1.29, 1.82) is 0 Å². The Hall–Kier alpha value is -2.79. The molecule has 0 aliphatic heterocycles. The molecule has 0 spiro atoms. The number of anilines is 2. The Bertz CT molecular complexity index is 1020. The second-order valence-corrected chi connectivity index (χ2v) is 9.32. The van der Waals surface area contributed by atoms with Gasteiger partial charge in [-0.3, -0.25) is 14.6 Å². The molecule has 30 heavy (non-hydrogen) atoms. The number of pyridine rings is 1. The average Bonchev–Trinajstić information content (AvgIpc) is 3.44. The molecule has 3 aromatic heterocycles. The Kier molecular flexibility index (Phi) is 6.38. The van der Waals surface area contributed by atoms with Gasteiger partial charge in [-0.1, -0.05) is 28.7 Å². The molecule has 11 heteroatoms. The Balaban J connectivity index is 1.27. The van der Waals surface area contributed by atoms with Crippen LogP contribution in [-0.4, -0.2) is 37.2 Å². The summed E-state index contributed by atoms with van der Waals surface area (Å²) < 4.78 is 0. The minimum absolute atomic E-state index is 0.138. The number of hydrogen-bond acceptors (Lipinski definition) is 9. The predicted octanol–water partition coefficient (Wildman–Crippen LogP) is 3.05. The lowest BCUT2D eigenvalue weighted by atomic mass is 10.0. The third-order valence-corrected chi connectivity index (χ3v) is 6.72. The van der Waals surface area contributed by atoms with Gasteiger partial charge in [-0.25, -0.2) is 0 Å². The second kappa shape index (κ2) is 9.35. The normalized spacial score (nSPS) is 18.3. The Morgan fingerprint density at radius 3 is 2.70 bits per heavy atom. The highest BCUT2D eigenvalue weighted by molar-refractivity contribution is 7.15. The summed E-state index contributed by atoms with van der Waals surface area (Å²) in [6.07, 6.45) is 5.86. The number of aromatic nitrogens is 5. The summed E-state index contributed by atoms with van der Waals surface area (Å²) >= 11 is 2.87. The Labute approximate surface area is 181 Å². The largest absolute Gasteiger partial charge is 0.301 e. The SMILES string of the molecule is CC(=O)Nc1nnc(C2CCC(Cc3nnc(NC(=O)Cc4ccccn4)s3)C2)s1. The molecule has 3 aromatic rings. The van der Waals surface area contributed by atoms with Crippen LogP contribution in [0.1, 0.15) is 47.8 Å². The summed E-state index contributed by atoms with van der Waals surface area (Å²) in [5, 5.41) is 25.1. The summed E-state index contributed by atoms with van der Waals surface area (Å²) in [5.41, 5.74) is 0.718. The van der Waals surface area contributed by atoms with E-state index in [1.807, 2.05) is 18.2 Å². The van der Waals surface area contributed by atoms with E-state index in [2.05, 4.69) is 36.0 Å². The molecular weight excluding hydrogens is 422 g/mol. The molecule has 2 amide bonds. The molecule has 2 N–H and O–H groups in total. The van der Waals surface area contributed by atoms with Gasteiger partial charge in [-0.05, 0) is 37.3 Å². The number of amides is 2. The lowest BCUT2D eigenvalue weighted by Crippen LogP contribution is -2.14. The van der Waals surface area contributed by atoms with Gasteiger partial charge < -0.3 is 10.6 Å². The van der Waals surface area contributed by atoms with Crippen molar-refractivity contribution in [2.75, 3.05) is 10.6 Å². The molecule has 4 rings (SSSR count). The van der Waals surface area contributed by atoms with Gasteiger partial charge >= 0.3 is 0 Å². The molecule has 156 valence electrons. The highest BCUT2D eigenvalue weighted by atomic mass is 32.1. The van der Waals surface area contributed by atoms with Crippen molar-refractivity contribution in [1.82, 2.24) is 25.4 Å². The van der Waals surface area contributed by atoms with E-state index in [1.54, 1.807) is 6.20 Å². The number of rotatable bonds is 7. The maximum atomic E-state index is 12.2. The van der Waals surface area contributed by atoms with Gasteiger partial charge in [0.1, 0.15) is 10.0 Å². The zero-order valence-corrected chi connectivity index (χ0v) is 18.0. The van der Waals surface area contributed by atoms with Crippen LogP contribution in [0.2, 0.25) is 0 Å². The van der Waals surface area contributed by atoms with Gasteiger partial charge in [-0.15, -0.1) is 20.4 Å². The molecule has 1 aliphatic rings. The van der Waals surface area contributed by atoms with E-state index in [0.29, 0.717) is 22.1 Å². The van der Waals surface area contributed by atoms with E-state index in [0.717, 1.165) is 41.4 Å². The lowest BCUT2D eigenvalue weighted by molar-refractivity contribution is -0.116. The standard InChI is InChI=1S/C19H21N7O2S2/c1-11(27)21-18-26-24-17(30-18)13-6-5-12(8-13)9-16-23-25-19(29-16)22-15(28)10-14-4-2-3-7-20-14/h2-4,7,12-13H,5-6,8-10H2,1H3,(H,21,26,27)(H,22,25,28). The van der Waals surface area contributed by atoms with Gasteiger partial charge in [0.05, 0.1) is 6.42 Å². The Morgan fingerprint density at radius 1 is 1.07 bits per heavy atom. The van der Waals surface area contributed by atoms with Gasteiger partial charge in [0, 0.05) is 31.2 Å². The minimum Gasteiger partial charge on any atom is -0.301 e. The number of nitrogens with one attached hydrogen (secondary N) is 2. The fourth-order valence-electron chi connectivity index (χ4n) is 3.55. The Morgan fingerprint density at radius 2 is 1.90 bits per heavy atom. The van der Waals surface area contributed by atoms with Crippen molar-refractivity contribution in [3.8, 4) is 0 Å². The molecule has 1 aliphatic carbocycles. The van der Waals surface area contributed by atoms with Crippen LogP contribution in [0.3, 0.4) is 0 Å². The molecule has 0 aromatic carbocycles. The molecular formula is C19H21N7O2S2. The van der Waals surface area contributed by atoms with Crippen LogP contribution in [-0.2, 0) is 22.4 Å². The van der Waals surface area contributed by atoms with Gasteiger partial charge in [0.2, 0.25) is 22.1 Å². The average molecular weight is 444 g/mol. The quantitative estimate of drug-likeness (QED) is 0.575. The molecule has 1 fully saturated rings. The first-order valence-electron chi connectivity index (χ1n) is 9.68. The van der Waals surface area contributed by atoms with Crippen LogP contribution in [0.15, 0.2) is 24.4 Å². The molecule has 0 saturated heterocycles. The smallest absolute Gasteiger partial charge is 0.232 e. The summed E-state index contributed by atoms with van der Waals surface area (Å²) in [6.45, 7) is 1.46. The molecule has 3 heterocycles. The number of nitrogens with zero attached hydrogens (tertiary/aromatic N) is 5. The number of carbonyl (C=O) groups is 2. The predicted molar refractivity (Wildman–Crippen MR) is 114 cm³/mol. The van der Waals surface area contributed by atoms with E-state index in [4.69, 9.17) is 0 Å². The second-order valence-electron chi connectivity index (χ2n) is 7.25. The summed E-state index contributed by atoms with van der Waals surface area (Å²) in [5.74, 6) is 0.568. The van der Waals surface area contributed by atoms with Gasteiger partial charge in [0.25, 0.3) is 0 Å². The van der Waals surface area contributed by atoms with E-state index in [1.165, 1.54) is 29.6 Å². The lowest BCUT2D eigenvalue weighted by Gasteiger charge is -2.06. The fourth-order valence-corrected chi connectivity index (χ4v) is 5.36. The molecule has 2 atom stereocenters. The molecule has 0 bridgehead atoms. The first-order chi connectivity index (χ1) is 14.5. The van der Waals surface area contributed by atoms with E-state index >= 15 is 0 Å². The summed E-state index contributed by atoms with van der Waals surface area (Å²) in [7, 11) is 0. The zero-order valence-electron chi connectivity index (χ0n) is 16.4. The van der Waals surface area contributed by atoms with Crippen molar-refractivity contribution in [3.63, 3.8) is 0 Å². The van der Waals surface area contributed by atoms with Crippen molar-refractivity contribution in [3.05, 3.63) is 40.1 Å². The van der Waals surface area contributed by atoms with Crippen molar-refractivity contribution < 1.29 is 9.59 Å². The van der Waals surface area contributed by atoms with Gasteiger partial charge in [-0.2, -0.15) is 0 Å². The van der Waals surface area contributed by atoms with Crippen molar-refractivity contribution in [2.24, 2.45) is 5.92 Å². The fraction of sp³-hybridized carbons (Fsp3) is 0.421. The van der Waals surface area contributed by atoms with E-state index in [9.17, 15) is 9.59 Å². The first-order valence-corrected chi connectivity index (χ1v) is 11.3. The van der Waals surface area contributed by atoms with E-state index < -0.39 is 0 Å². The van der Waals surface area contributed by atoms with Crippen molar-refractivity contribution >= 4 is 44.8 Å². The molecule has 1 saturated carbocycles.